The standard InChI is InChI=1S/C23H22NO8P/c25-23-19-10-7-15(6-8-16(24-26)14-30-33(27,28)29)12-22(19)32-21-11-9-18(13-20(21)23)31-17-4-2-1-3-5-17/h1-5,7,9-13,16,24,26H,6,8,14H2,(H2,27,28,29). The summed E-state index contributed by atoms with van der Waals surface area (Å²) in [5.74, 6) is 1.19. The molecule has 0 aliphatic carbocycles. The van der Waals surface area contributed by atoms with Crippen molar-refractivity contribution in [3.63, 3.8) is 0 Å². The Hall–Kier alpha value is -3.04. The average Bonchev–Trinajstić information content (AvgIpc) is 2.79. The molecule has 172 valence electrons. The second kappa shape index (κ2) is 9.84. The van der Waals surface area contributed by atoms with Gasteiger partial charge in [0, 0.05) is 0 Å². The summed E-state index contributed by atoms with van der Waals surface area (Å²) in [7, 11) is -4.62. The highest BCUT2D eigenvalue weighted by molar-refractivity contribution is 7.46. The van der Waals surface area contributed by atoms with Gasteiger partial charge >= 0.3 is 7.82 Å². The molecule has 4 aromatic rings. The lowest BCUT2D eigenvalue weighted by molar-refractivity contribution is 0.0814. The van der Waals surface area contributed by atoms with Crippen molar-refractivity contribution in [3.05, 3.63) is 82.5 Å². The zero-order chi connectivity index (χ0) is 23.4. The van der Waals surface area contributed by atoms with Crippen LogP contribution < -0.4 is 15.6 Å². The Kier molecular flexibility index (Phi) is 6.90. The SMILES string of the molecule is O=c1c2ccc(CCC(COP(=O)(O)O)NO)cc2oc2ccc(Oc3ccccc3)cc12. The Morgan fingerprint density at radius 1 is 0.939 bits per heavy atom. The quantitative estimate of drug-likeness (QED) is 0.161. The molecular weight excluding hydrogens is 449 g/mol. The summed E-state index contributed by atoms with van der Waals surface area (Å²) >= 11 is 0. The van der Waals surface area contributed by atoms with Crippen LogP contribution in [0.3, 0.4) is 0 Å². The molecule has 0 spiro atoms. The predicted octanol–water partition coefficient (Wildman–Crippen LogP) is 4.13. The molecule has 0 saturated carbocycles. The van der Waals surface area contributed by atoms with E-state index in [4.69, 9.17) is 18.9 Å². The summed E-state index contributed by atoms with van der Waals surface area (Å²) in [5.41, 5.74) is 3.47. The van der Waals surface area contributed by atoms with E-state index in [9.17, 15) is 14.6 Å². The van der Waals surface area contributed by atoms with Gasteiger partial charge < -0.3 is 24.1 Å². The number of hydrogen-bond donors (Lipinski definition) is 4. The summed E-state index contributed by atoms with van der Waals surface area (Å²) in [6, 6.07) is 18.8. The molecule has 1 aromatic heterocycles. The fourth-order valence-electron chi connectivity index (χ4n) is 3.43. The zero-order valence-corrected chi connectivity index (χ0v) is 18.3. The van der Waals surface area contributed by atoms with Gasteiger partial charge in [0.2, 0.25) is 5.43 Å². The van der Waals surface area contributed by atoms with Crippen LogP contribution in [0.2, 0.25) is 0 Å². The van der Waals surface area contributed by atoms with Crippen molar-refractivity contribution in [2.45, 2.75) is 18.9 Å². The maximum atomic E-state index is 13.0. The van der Waals surface area contributed by atoms with Crippen molar-refractivity contribution in [1.29, 1.82) is 0 Å². The van der Waals surface area contributed by atoms with Crippen LogP contribution in [0.25, 0.3) is 21.9 Å². The van der Waals surface area contributed by atoms with Crippen LogP contribution in [0.5, 0.6) is 11.5 Å². The predicted molar refractivity (Wildman–Crippen MR) is 122 cm³/mol. The summed E-state index contributed by atoms with van der Waals surface area (Å²) in [5, 5.41) is 10.0. The molecule has 0 amide bonds. The van der Waals surface area contributed by atoms with E-state index in [1.165, 1.54) is 0 Å². The number of hydroxylamine groups is 1. The van der Waals surface area contributed by atoms with Gasteiger partial charge in [-0.15, -0.1) is 0 Å². The first-order chi connectivity index (χ1) is 15.8. The van der Waals surface area contributed by atoms with Gasteiger partial charge in [-0.1, -0.05) is 24.3 Å². The van der Waals surface area contributed by atoms with Crippen molar-refractivity contribution in [2.24, 2.45) is 0 Å². The highest BCUT2D eigenvalue weighted by Gasteiger charge is 2.18. The lowest BCUT2D eigenvalue weighted by atomic mass is 10.0. The van der Waals surface area contributed by atoms with Crippen LogP contribution in [-0.2, 0) is 15.5 Å². The maximum absolute atomic E-state index is 13.0. The molecule has 1 heterocycles. The molecule has 0 radical (unpaired) electrons. The average molecular weight is 471 g/mol. The molecule has 10 heteroatoms. The third-order valence-corrected chi connectivity index (χ3v) is 5.58. The molecule has 33 heavy (non-hydrogen) atoms. The van der Waals surface area contributed by atoms with E-state index in [1.807, 2.05) is 35.8 Å². The number of phosphoric acid groups is 1. The van der Waals surface area contributed by atoms with Crippen molar-refractivity contribution < 1.29 is 33.2 Å². The van der Waals surface area contributed by atoms with Gasteiger partial charge in [0.1, 0.15) is 22.7 Å². The number of hydrogen-bond acceptors (Lipinski definition) is 7. The molecular formula is C23H22NO8P. The Morgan fingerprint density at radius 2 is 1.73 bits per heavy atom. The third-order valence-electron chi connectivity index (χ3n) is 5.09. The third kappa shape index (κ3) is 5.85. The molecule has 9 nitrogen and oxygen atoms in total. The van der Waals surface area contributed by atoms with E-state index in [0.29, 0.717) is 46.3 Å². The van der Waals surface area contributed by atoms with Gasteiger partial charge in [-0.25, -0.2) is 10.0 Å². The molecule has 4 rings (SSSR count). The Balaban J connectivity index is 1.55. The highest BCUT2D eigenvalue weighted by Crippen LogP contribution is 2.36. The molecule has 3 aromatic carbocycles. The zero-order valence-electron chi connectivity index (χ0n) is 17.4. The molecule has 0 fully saturated rings. The number of benzene rings is 3. The fourth-order valence-corrected chi connectivity index (χ4v) is 3.81. The minimum absolute atomic E-state index is 0.179. The van der Waals surface area contributed by atoms with Gasteiger partial charge in [0.15, 0.2) is 0 Å². The highest BCUT2D eigenvalue weighted by atomic mass is 31.2. The monoisotopic (exact) mass is 471 g/mol. The Bertz CT molecular complexity index is 1370. The minimum Gasteiger partial charge on any atom is -0.457 e. The Labute approximate surface area is 188 Å². The van der Waals surface area contributed by atoms with E-state index in [0.717, 1.165) is 5.56 Å². The number of phosphoric ester groups is 1. The fraction of sp³-hybridized carbons (Fsp3) is 0.174. The first-order valence-corrected chi connectivity index (χ1v) is 11.7. The van der Waals surface area contributed by atoms with Crippen LogP contribution in [0.4, 0.5) is 0 Å². The van der Waals surface area contributed by atoms with Crippen LogP contribution in [0.1, 0.15) is 12.0 Å². The van der Waals surface area contributed by atoms with Crippen LogP contribution in [-0.4, -0.2) is 27.6 Å². The molecule has 0 saturated heterocycles. The number of rotatable bonds is 9. The number of fused-ring (bicyclic) bond motifs is 2. The van der Waals surface area contributed by atoms with Gasteiger partial charge in [0.25, 0.3) is 0 Å². The topological polar surface area (TPSA) is 138 Å². The largest absolute Gasteiger partial charge is 0.469 e. The minimum atomic E-state index is -4.62. The van der Waals surface area contributed by atoms with Crippen molar-refractivity contribution >= 4 is 29.8 Å². The first kappa shape index (κ1) is 23.1. The van der Waals surface area contributed by atoms with Gasteiger partial charge in [-0.05, 0) is 60.9 Å². The number of ether oxygens (including phenoxy) is 1. The van der Waals surface area contributed by atoms with E-state index >= 15 is 0 Å². The molecule has 0 aliphatic rings. The molecule has 0 bridgehead atoms. The van der Waals surface area contributed by atoms with Gasteiger partial charge in [-0.3, -0.25) is 9.32 Å². The normalized spacial score (nSPS) is 12.8. The van der Waals surface area contributed by atoms with Crippen LogP contribution >= 0.6 is 7.82 Å². The van der Waals surface area contributed by atoms with Crippen LogP contribution in [0.15, 0.2) is 75.9 Å². The van der Waals surface area contributed by atoms with Crippen molar-refractivity contribution in [3.8, 4) is 11.5 Å². The number of aryl methyl sites for hydroxylation is 1. The molecule has 4 N–H and O–H groups in total. The summed E-state index contributed by atoms with van der Waals surface area (Å²) in [4.78, 5) is 30.6. The second-order valence-electron chi connectivity index (χ2n) is 7.49. The van der Waals surface area contributed by atoms with E-state index in [1.54, 1.807) is 36.4 Å². The summed E-state index contributed by atoms with van der Waals surface area (Å²) < 4.78 is 27.0. The lowest BCUT2D eigenvalue weighted by Crippen LogP contribution is -2.31. The van der Waals surface area contributed by atoms with Crippen molar-refractivity contribution in [1.82, 2.24) is 5.48 Å². The van der Waals surface area contributed by atoms with E-state index in [2.05, 4.69) is 4.52 Å². The van der Waals surface area contributed by atoms with Gasteiger partial charge in [-0.2, -0.15) is 0 Å². The molecule has 1 atom stereocenters. The van der Waals surface area contributed by atoms with Crippen molar-refractivity contribution in [2.75, 3.05) is 6.61 Å². The smallest absolute Gasteiger partial charge is 0.457 e. The van der Waals surface area contributed by atoms with Gasteiger partial charge in [0.05, 0.1) is 23.4 Å². The maximum Gasteiger partial charge on any atom is 0.469 e. The first-order valence-electron chi connectivity index (χ1n) is 10.1. The molecule has 0 aliphatic heterocycles. The Morgan fingerprint density at radius 3 is 2.45 bits per heavy atom. The van der Waals surface area contributed by atoms with E-state index in [-0.39, 0.29) is 12.0 Å². The number of nitrogens with one attached hydrogen (secondary N) is 1. The number of para-hydroxylation sites is 1. The van der Waals surface area contributed by atoms with Crippen LogP contribution in [0, 0.1) is 0 Å². The molecule has 1 unspecified atom stereocenters. The summed E-state index contributed by atoms with van der Waals surface area (Å²) in [6.45, 7) is -0.360. The second-order valence-corrected chi connectivity index (χ2v) is 8.73. The summed E-state index contributed by atoms with van der Waals surface area (Å²) in [6.07, 6.45) is 0.782. The van der Waals surface area contributed by atoms with E-state index < -0.39 is 13.9 Å². The lowest BCUT2D eigenvalue weighted by Gasteiger charge is -2.15.